The Morgan fingerprint density at radius 2 is 2.04 bits per heavy atom. The number of imidazole rings is 1. The van der Waals surface area contributed by atoms with Crippen LogP contribution in [0.4, 0.5) is 0 Å². The van der Waals surface area contributed by atoms with Gasteiger partial charge in [0.2, 0.25) is 0 Å². The molecule has 5 nitrogen and oxygen atoms in total. The highest BCUT2D eigenvalue weighted by Gasteiger charge is 2.33. The van der Waals surface area contributed by atoms with Gasteiger partial charge in [0, 0.05) is 18.9 Å². The van der Waals surface area contributed by atoms with Gasteiger partial charge in [0.1, 0.15) is 10.7 Å². The molecule has 0 bridgehead atoms. The molecule has 1 aliphatic rings. The average molecular weight is 338 g/mol. The molecule has 1 amide bonds. The molecule has 2 aromatic heterocycles. The highest BCUT2D eigenvalue weighted by atomic mass is 32.1. The number of thiazole rings is 1. The van der Waals surface area contributed by atoms with Gasteiger partial charge in [0.25, 0.3) is 5.91 Å². The Labute approximate surface area is 144 Å². The second-order valence-electron chi connectivity index (χ2n) is 6.00. The maximum absolute atomic E-state index is 13.2. The van der Waals surface area contributed by atoms with E-state index in [-0.39, 0.29) is 11.9 Å². The van der Waals surface area contributed by atoms with E-state index in [1.165, 1.54) is 11.3 Å². The minimum atomic E-state index is 0.00204. The van der Waals surface area contributed by atoms with Gasteiger partial charge in [-0.05, 0) is 19.4 Å². The molecule has 1 atom stereocenters. The predicted octanol–water partition coefficient (Wildman–Crippen LogP) is 3.35. The first kappa shape index (κ1) is 15.1. The van der Waals surface area contributed by atoms with Crippen molar-refractivity contribution in [1.82, 2.24) is 19.4 Å². The van der Waals surface area contributed by atoms with Crippen molar-refractivity contribution < 1.29 is 4.79 Å². The third kappa shape index (κ3) is 2.53. The smallest absolute Gasteiger partial charge is 0.266 e. The van der Waals surface area contributed by atoms with Gasteiger partial charge >= 0.3 is 0 Å². The van der Waals surface area contributed by atoms with E-state index in [0.717, 1.165) is 33.5 Å². The Kier molecular flexibility index (Phi) is 3.69. The molecule has 1 aromatic carbocycles. The van der Waals surface area contributed by atoms with Gasteiger partial charge in [-0.3, -0.25) is 4.79 Å². The quantitative estimate of drug-likeness (QED) is 0.720. The Balaban J connectivity index is 1.75. The molecular formula is C18H18N4OS. The zero-order valence-electron chi connectivity index (χ0n) is 13.6. The highest BCUT2D eigenvalue weighted by Crippen LogP contribution is 2.32. The van der Waals surface area contributed by atoms with Crippen LogP contribution in [-0.4, -0.2) is 25.3 Å². The number of hydrogen-bond acceptors (Lipinski definition) is 4. The number of hydrogen-bond donors (Lipinski definition) is 0. The SMILES string of the molecule is Cc1nc(C)c(C(=O)N2Cc3nccn3C[C@H]2c2ccccc2)s1. The number of benzene rings is 1. The summed E-state index contributed by atoms with van der Waals surface area (Å²) in [5.41, 5.74) is 1.95. The number of fused-ring (bicyclic) bond motifs is 1. The largest absolute Gasteiger partial charge is 0.331 e. The number of aromatic nitrogens is 3. The Morgan fingerprint density at radius 3 is 2.75 bits per heavy atom. The van der Waals surface area contributed by atoms with Crippen LogP contribution >= 0.6 is 11.3 Å². The van der Waals surface area contributed by atoms with Crippen LogP contribution in [0.15, 0.2) is 42.7 Å². The fourth-order valence-corrected chi connectivity index (χ4v) is 4.12. The number of aryl methyl sites for hydroxylation is 2. The number of carbonyl (C=O) groups excluding carboxylic acids is 1. The zero-order valence-corrected chi connectivity index (χ0v) is 14.5. The minimum absolute atomic E-state index is 0.00204. The summed E-state index contributed by atoms with van der Waals surface area (Å²) in [4.78, 5) is 24.7. The Hall–Kier alpha value is -2.47. The molecule has 122 valence electrons. The van der Waals surface area contributed by atoms with E-state index in [9.17, 15) is 4.79 Å². The van der Waals surface area contributed by atoms with E-state index in [1.807, 2.05) is 43.1 Å². The van der Waals surface area contributed by atoms with E-state index >= 15 is 0 Å². The van der Waals surface area contributed by atoms with Crippen molar-refractivity contribution in [3.63, 3.8) is 0 Å². The Bertz CT molecular complexity index is 884. The van der Waals surface area contributed by atoms with Crippen molar-refractivity contribution in [3.05, 3.63) is 69.7 Å². The summed E-state index contributed by atoms with van der Waals surface area (Å²) in [6.45, 7) is 5.08. The summed E-state index contributed by atoms with van der Waals surface area (Å²) in [5, 5.41) is 0.922. The summed E-state index contributed by atoms with van der Waals surface area (Å²) >= 11 is 1.47. The van der Waals surface area contributed by atoms with Gasteiger partial charge in [-0.1, -0.05) is 30.3 Å². The fourth-order valence-electron chi connectivity index (χ4n) is 3.24. The maximum Gasteiger partial charge on any atom is 0.266 e. The standard InChI is InChI=1S/C18H18N4OS/c1-12-17(24-13(2)20-12)18(23)22-11-16-19-8-9-21(16)10-15(22)14-6-4-3-5-7-14/h3-9,15H,10-11H2,1-2H3/t15-/m0/s1. The summed E-state index contributed by atoms with van der Waals surface area (Å²) in [6, 6.07) is 10.2. The molecule has 3 aromatic rings. The molecule has 4 rings (SSSR count). The lowest BCUT2D eigenvalue weighted by Crippen LogP contribution is -2.41. The van der Waals surface area contributed by atoms with Gasteiger partial charge in [0.05, 0.1) is 23.3 Å². The van der Waals surface area contributed by atoms with Crippen LogP contribution in [0.25, 0.3) is 0 Å². The van der Waals surface area contributed by atoms with Gasteiger partial charge in [-0.25, -0.2) is 9.97 Å². The van der Waals surface area contributed by atoms with Crippen molar-refractivity contribution in [2.45, 2.75) is 33.0 Å². The van der Waals surface area contributed by atoms with Crippen LogP contribution in [0.3, 0.4) is 0 Å². The molecule has 0 fully saturated rings. The van der Waals surface area contributed by atoms with Crippen LogP contribution in [0.5, 0.6) is 0 Å². The van der Waals surface area contributed by atoms with Crippen molar-refractivity contribution >= 4 is 17.2 Å². The maximum atomic E-state index is 13.2. The van der Waals surface area contributed by atoms with Gasteiger partial charge < -0.3 is 9.47 Å². The van der Waals surface area contributed by atoms with Crippen molar-refractivity contribution in [3.8, 4) is 0 Å². The lowest BCUT2D eigenvalue weighted by molar-refractivity contribution is 0.0588. The topological polar surface area (TPSA) is 51.0 Å². The molecule has 0 unspecified atom stereocenters. The molecule has 0 radical (unpaired) electrons. The van der Waals surface area contributed by atoms with E-state index in [4.69, 9.17) is 0 Å². The van der Waals surface area contributed by atoms with Crippen molar-refractivity contribution in [1.29, 1.82) is 0 Å². The van der Waals surface area contributed by atoms with Crippen LogP contribution < -0.4 is 0 Å². The summed E-state index contributed by atoms with van der Waals surface area (Å²) in [5.74, 6) is 0.968. The average Bonchev–Trinajstić information content (AvgIpc) is 3.19. The van der Waals surface area contributed by atoms with E-state index in [1.54, 1.807) is 6.20 Å². The van der Waals surface area contributed by atoms with E-state index in [0.29, 0.717) is 6.54 Å². The summed E-state index contributed by atoms with van der Waals surface area (Å²) in [7, 11) is 0. The monoisotopic (exact) mass is 338 g/mol. The van der Waals surface area contributed by atoms with Crippen LogP contribution in [0.1, 0.15) is 37.8 Å². The molecule has 0 spiro atoms. The van der Waals surface area contributed by atoms with Gasteiger partial charge in [-0.15, -0.1) is 11.3 Å². The molecule has 1 aliphatic heterocycles. The lowest BCUT2D eigenvalue weighted by Gasteiger charge is -2.36. The molecule has 0 saturated carbocycles. The molecular weight excluding hydrogens is 320 g/mol. The normalized spacial score (nSPS) is 16.9. The number of carbonyl (C=O) groups is 1. The summed E-state index contributed by atoms with van der Waals surface area (Å²) < 4.78 is 2.13. The number of rotatable bonds is 2. The molecule has 0 N–H and O–H groups in total. The first-order valence-corrected chi connectivity index (χ1v) is 8.75. The van der Waals surface area contributed by atoms with E-state index in [2.05, 4.69) is 26.7 Å². The second kappa shape index (κ2) is 5.87. The van der Waals surface area contributed by atoms with Crippen molar-refractivity contribution in [2.75, 3.05) is 0 Å². The lowest BCUT2D eigenvalue weighted by atomic mass is 10.0. The van der Waals surface area contributed by atoms with Crippen LogP contribution in [0.2, 0.25) is 0 Å². The number of nitrogens with zero attached hydrogens (tertiary/aromatic N) is 4. The zero-order chi connectivity index (χ0) is 16.7. The number of amides is 1. The van der Waals surface area contributed by atoms with E-state index < -0.39 is 0 Å². The third-order valence-corrected chi connectivity index (χ3v) is 5.46. The fraction of sp³-hybridized carbons (Fsp3) is 0.278. The molecule has 0 aliphatic carbocycles. The first-order valence-electron chi connectivity index (χ1n) is 7.93. The minimum Gasteiger partial charge on any atom is -0.331 e. The predicted molar refractivity (Wildman–Crippen MR) is 92.9 cm³/mol. The third-order valence-electron chi connectivity index (χ3n) is 4.40. The molecule has 24 heavy (non-hydrogen) atoms. The van der Waals surface area contributed by atoms with Crippen LogP contribution in [0, 0.1) is 13.8 Å². The van der Waals surface area contributed by atoms with Crippen LogP contribution in [-0.2, 0) is 13.1 Å². The Morgan fingerprint density at radius 1 is 1.25 bits per heavy atom. The second-order valence-corrected chi connectivity index (χ2v) is 7.21. The molecule has 0 saturated heterocycles. The van der Waals surface area contributed by atoms with Crippen molar-refractivity contribution in [2.24, 2.45) is 0 Å². The first-order chi connectivity index (χ1) is 11.6. The highest BCUT2D eigenvalue weighted by molar-refractivity contribution is 7.13. The molecule has 6 heteroatoms. The summed E-state index contributed by atoms with van der Waals surface area (Å²) in [6.07, 6.45) is 3.78. The molecule has 3 heterocycles. The van der Waals surface area contributed by atoms with Gasteiger partial charge in [0.15, 0.2) is 0 Å². The van der Waals surface area contributed by atoms with Gasteiger partial charge in [-0.2, -0.15) is 0 Å².